The van der Waals surface area contributed by atoms with E-state index in [1.807, 2.05) is 24.4 Å². The summed E-state index contributed by atoms with van der Waals surface area (Å²) >= 11 is 0. The summed E-state index contributed by atoms with van der Waals surface area (Å²) in [5.74, 6) is 0.485. The maximum Gasteiger partial charge on any atom is 0.209 e. The van der Waals surface area contributed by atoms with Crippen molar-refractivity contribution in [3.05, 3.63) is 65.5 Å². The minimum absolute atomic E-state index is 0.145. The maximum atomic E-state index is 8.85. The summed E-state index contributed by atoms with van der Waals surface area (Å²) in [7, 11) is 0. The van der Waals surface area contributed by atoms with Gasteiger partial charge in [0.15, 0.2) is 0 Å². The number of nitriles is 1. The van der Waals surface area contributed by atoms with Crippen molar-refractivity contribution >= 4 is 5.96 Å². The summed E-state index contributed by atoms with van der Waals surface area (Å²) in [6.07, 6.45) is 4.38. The first-order valence-corrected chi connectivity index (χ1v) is 8.43. The minimum Gasteiger partial charge on any atom is -0.355 e. The normalized spacial score (nSPS) is 11.7. The molecule has 0 saturated carbocycles. The van der Waals surface area contributed by atoms with E-state index in [2.05, 4.69) is 65.6 Å². The van der Waals surface area contributed by atoms with Crippen LogP contribution in [0.1, 0.15) is 37.6 Å². The Kier molecular flexibility index (Phi) is 6.53. The van der Waals surface area contributed by atoms with Crippen LogP contribution in [0.5, 0.6) is 0 Å². The molecule has 5 nitrogen and oxygen atoms in total. The Labute approximate surface area is 149 Å². The van der Waals surface area contributed by atoms with Crippen LogP contribution in [0.2, 0.25) is 0 Å². The number of guanidine groups is 1. The molecule has 0 fully saturated rings. The monoisotopic (exact) mass is 335 g/mol. The van der Waals surface area contributed by atoms with Gasteiger partial charge in [-0.05, 0) is 28.7 Å². The van der Waals surface area contributed by atoms with Gasteiger partial charge in [-0.2, -0.15) is 5.26 Å². The molecule has 0 aliphatic carbocycles. The molecule has 0 radical (unpaired) electrons. The van der Waals surface area contributed by atoms with E-state index in [4.69, 9.17) is 5.26 Å². The predicted molar refractivity (Wildman–Crippen MR) is 101 cm³/mol. The molecule has 1 heterocycles. The number of aromatic nitrogens is 1. The molecule has 5 heteroatoms. The van der Waals surface area contributed by atoms with Gasteiger partial charge in [0.05, 0.1) is 0 Å². The van der Waals surface area contributed by atoms with Gasteiger partial charge >= 0.3 is 0 Å². The maximum absolute atomic E-state index is 8.85. The van der Waals surface area contributed by atoms with Gasteiger partial charge in [-0.25, -0.2) is 0 Å². The second kappa shape index (κ2) is 8.84. The fraction of sp³-hybridized carbons (Fsp3) is 0.350. The van der Waals surface area contributed by atoms with E-state index in [1.54, 1.807) is 6.20 Å². The summed E-state index contributed by atoms with van der Waals surface area (Å²) < 4.78 is 0. The molecule has 0 spiro atoms. The van der Waals surface area contributed by atoms with Crippen LogP contribution in [-0.2, 0) is 18.4 Å². The predicted octanol–water partition coefficient (Wildman–Crippen LogP) is 3.14. The standard InChI is InChI=1S/C20H25N5/c1-20(2,3)17-9-7-16(8-10-17)14-24-19(25-15-21)23-13-11-18-6-4-5-12-22-18/h4-10,12H,11,13-14H2,1-3H3,(H2,23,24,25). The van der Waals surface area contributed by atoms with Gasteiger partial charge in [0, 0.05) is 31.4 Å². The van der Waals surface area contributed by atoms with Crippen molar-refractivity contribution in [2.24, 2.45) is 4.99 Å². The zero-order valence-corrected chi connectivity index (χ0v) is 15.1. The molecule has 25 heavy (non-hydrogen) atoms. The third-order valence-corrected chi connectivity index (χ3v) is 3.84. The van der Waals surface area contributed by atoms with Gasteiger partial charge in [0.1, 0.15) is 0 Å². The fourth-order valence-corrected chi connectivity index (χ4v) is 2.35. The lowest BCUT2D eigenvalue weighted by Crippen LogP contribution is -2.37. The lowest BCUT2D eigenvalue weighted by atomic mass is 9.87. The Morgan fingerprint density at radius 1 is 1.12 bits per heavy atom. The van der Waals surface area contributed by atoms with E-state index in [1.165, 1.54) is 5.56 Å². The highest BCUT2D eigenvalue weighted by atomic mass is 15.2. The molecule has 1 aromatic carbocycles. The average Bonchev–Trinajstić information content (AvgIpc) is 2.60. The van der Waals surface area contributed by atoms with Gasteiger partial charge in [-0.15, -0.1) is 4.99 Å². The van der Waals surface area contributed by atoms with Crippen LogP contribution in [0.4, 0.5) is 0 Å². The van der Waals surface area contributed by atoms with E-state index in [0.29, 0.717) is 19.0 Å². The number of benzene rings is 1. The quantitative estimate of drug-likeness (QED) is 0.500. The molecule has 0 saturated heterocycles. The van der Waals surface area contributed by atoms with Crippen molar-refractivity contribution < 1.29 is 0 Å². The van der Waals surface area contributed by atoms with Gasteiger partial charge in [0.2, 0.25) is 12.2 Å². The summed E-state index contributed by atoms with van der Waals surface area (Å²) in [6, 6.07) is 14.3. The number of hydrogen-bond donors (Lipinski definition) is 2. The number of aliphatic imine (C=N–C) groups is 1. The van der Waals surface area contributed by atoms with E-state index < -0.39 is 0 Å². The molecule has 0 aliphatic heterocycles. The molecule has 2 N–H and O–H groups in total. The van der Waals surface area contributed by atoms with E-state index in [-0.39, 0.29) is 5.41 Å². The highest BCUT2D eigenvalue weighted by molar-refractivity contribution is 5.80. The summed E-state index contributed by atoms with van der Waals surface area (Å²) in [5, 5.41) is 15.2. The van der Waals surface area contributed by atoms with Crippen molar-refractivity contribution in [3.8, 4) is 6.19 Å². The second-order valence-corrected chi connectivity index (χ2v) is 6.86. The van der Waals surface area contributed by atoms with Crippen LogP contribution in [0.25, 0.3) is 0 Å². The molecule has 0 aliphatic rings. The largest absolute Gasteiger partial charge is 0.355 e. The van der Waals surface area contributed by atoms with Gasteiger partial charge in [-0.3, -0.25) is 4.98 Å². The highest BCUT2D eigenvalue weighted by Crippen LogP contribution is 2.22. The lowest BCUT2D eigenvalue weighted by Gasteiger charge is -2.19. The SMILES string of the molecule is CC(C)(C)c1ccc(CNC(=NC#N)NCCc2ccccn2)cc1. The third kappa shape index (κ3) is 6.27. The van der Waals surface area contributed by atoms with Crippen molar-refractivity contribution in [2.75, 3.05) is 6.54 Å². The molecule has 2 rings (SSSR count). The van der Waals surface area contributed by atoms with Crippen LogP contribution >= 0.6 is 0 Å². The summed E-state index contributed by atoms with van der Waals surface area (Å²) in [4.78, 5) is 8.08. The number of hydrogen-bond acceptors (Lipinski definition) is 3. The van der Waals surface area contributed by atoms with E-state index in [0.717, 1.165) is 17.7 Å². The molecule has 0 bridgehead atoms. The Morgan fingerprint density at radius 2 is 1.88 bits per heavy atom. The first-order chi connectivity index (χ1) is 12.0. The number of nitrogens with one attached hydrogen (secondary N) is 2. The van der Waals surface area contributed by atoms with Crippen LogP contribution in [-0.4, -0.2) is 17.5 Å². The molecule has 1 aromatic heterocycles. The third-order valence-electron chi connectivity index (χ3n) is 3.84. The van der Waals surface area contributed by atoms with Crippen LogP contribution in [0, 0.1) is 11.5 Å². The first-order valence-electron chi connectivity index (χ1n) is 8.43. The molecular formula is C20H25N5. The van der Waals surface area contributed by atoms with Gasteiger partial charge in [-0.1, -0.05) is 51.1 Å². The second-order valence-electron chi connectivity index (χ2n) is 6.86. The molecule has 130 valence electrons. The number of nitrogens with zero attached hydrogens (tertiary/aromatic N) is 3. The molecule has 0 unspecified atom stereocenters. The van der Waals surface area contributed by atoms with E-state index in [9.17, 15) is 0 Å². The van der Waals surface area contributed by atoms with Crippen LogP contribution in [0.15, 0.2) is 53.7 Å². The zero-order valence-electron chi connectivity index (χ0n) is 15.1. The Hall–Kier alpha value is -2.87. The molecule has 2 aromatic rings. The number of rotatable bonds is 5. The average molecular weight is 335 g/mol. The van der Waals surface area contributed by atoms with Crippen molar-refractivity contribution in [2.45, 2.75) is 39.2 Å². The fourth-order valence-electron chi connectivity index (χ4n) is 2.35. The Bertz CT molecular complexity index is 721. The molecular weight excluding hydrogens is 310 g/mol. The summed E-state index contributed by atoms with van der Waals surface area (Å²) in [5.41, 5.74) is 3.59. The van der Waals surface area contributed by atoms with Crippen LogP contribution in [0.3, 0.4) is 0 Å². The van der Waals surface area contributed by atoms with Crippen molar-refractivity contribution in [1.82, 2.24) is 15.6 Å². The Balaban J connectivity index is 1.85. The van der Waals surface area contributed by atoms with Gasteiger partial charge < -0.3 is 10.6 Å². The zero-order chi connectivity index (χ0) is 18.1. The Morgan fingerprint density at radius 3 is 2.48 bits per heavy atom. The summed E-state index contributed by atoms with van der Waals surface area (Å²) in [6.45, 7) is 7.87. The molecule has 0 amide bonds. The highest BCUT2D eigenvalue weighted by Gasteiger charge is 2.12. The topological polar surface area (TPSA) is 73.1 Å². The lowest BCUT2D eigenvalue weighted by molar-refractivity contribution is 0.590. The van der Waals surface area contributed by atoms with Crippen LogP contribution < -0.4 is 10.6 Å². The van der Waals surface area contributed by atoms with E-state index >= 15 is 0 Å². The van der Waals surface area contributed by atoms with Crippen molar-refractivity contribution in [1.29, 1.82) is 5.26 Å². The van der Waals surface area contributed by atoms with Gasteiger partial charge in [0.25, 0.3) is 0 Å². The number of pyridine rings is 1. The molecule has 0 atom stereocenters. The first kappa shape index (κ1) is 18.5. The minimum atomic E-state index is 0.145. The van der Waals surface area contributed by atoms with Crippen molar-refractivity contribution in [3.63, 3.8) is 0 Å². The smallest absolute Gasteiger partial charge is 0.209 e.